The van der Waals surface area contributed by atoms with Crippen molar-refractivity contribution >= 4 is 29.4 Å². The lowest BCUT2D eigenvalue weighted by molar-refractivity contribution is 0.0689. The number of aromatic carboxylic acids is 1. The standard InChI is InChI=1S/C19H13N3O4.ClH/c23-15-10-11-20-17-16(15)21-22(18(17)19(24)25)12-6-8-14(9-7-12)26-13-4-2-1-3-5-13;/h1-11,20H,(H,24,25);1H. The lowest BCUT2D eigenvalue weighted by Crippen LogP contribution is -2.08. The van der Waals surface area contributed by atoms with Crippen molar-refractivity contribution in [3.05, 3.63) is 82.8 Å². The highest BCUT2D eigenvalue weighted by Crippen LogP contribution is 2.24. The summed E-state index contributed by atoms with van der Waals surface area (Å²) in [6.07, 6.45) is 1.40. The van der Waals surface area contributed by atoms with Crippen LogP contribution < -0.4 is 10.2 Å². The molecular formula is C19H14ClN3O4. The average Bonchev–Trinajstić information content (AvgIpc) is 3.04. The fourth-order valence-corrected chi connectivity index (χ4v) is 2.67. The third-order valence-corrected chi connectivity index (χ3v) is 3.84. The predicted octanol–water partition coefficient (Wildman–Crippen LogP) is 3.63. The van der Waals surface area contributed by atoms with E-state index < -0.39 is 5.97 Å². The van der Waals surface area contributed by atoms with Crippen LogP contribution in [-0.2, 0) is 0 Å². The maximum atomic E-state index is 11.9. The molecule has 0 aliphatic carbocycles. The summed E-state index contributed by atoms with van der Waals surface area (Å²) in [5.41, 5.74) is 0.328. The van der Waals surface area contributed by atoms with Crippen molar-refractivity contribution in [2.24, 2.45) is 0 Å². The molecule has 4 aromatic rings. The molecule has 4 rings (SSSR count). The van der Waals surface area contributed by atoms with Crippen LogP contribution in [0.4, 0.5) is 0 Å². The fraction of sp³-hybridized carbons (Fsp3) is 0. The van der Waals surface area contributed by atoms with Crippen LogP contribution in [0, 0.1) is 0 Å². The molecule has 27 heavy (non-hydrogen) atoms. The summed E-state index contributed by atoms with van der Waals surface area (Å²) in [5.74, 6) is 0.116. The molecule has 0 aliphatic heterocycles. The highest BCUT2D eigenvalue weighted by Gasteiger charge is 2.20. The van der Waals surface area contributed by atoms with Crippen LogP contribution in [0.25, 0.3) is 16.7 Å². The summed E-state index contributed by atoms with van der Waals surface area (Å²) in [6, 6.07) is 17.4. The summed E-state index contributed by atoms with van der Waals surface area (Å²) in [6.45, 7) is 0. The largest absolute Gasteiger partial charge is 0.476 e. The zero-order valence-electron chi connectivity index (χ0n) is 13.8. The van der Waals surface area contributed by atoms with Gasteiger partial charge in [-0.3, -0.25) is 4.79 Å². The number of rotatable bonds is 4. The van der Waals surface area contributed by atoms with E-state index >= 15 is 0 Å². The number of nitrogens with one attached hydrogen (secondary N) is 1. The molecule has 2 aromatic heterocycles. The van der Waals surface area contributed by atoms with E-state index in [0.717, 1.165) is 0 Å². The first kappa shape index (κ1) is 18.2. The van der Waals surface area contributed by atoms with E-state index in [1.54, 1.807) is 24.3 Å². The van der Waals surface area contributed by atoms with Crippen LogP contribution in [0.3, 0.4) is 0 Å². The average molecular weight is 384 g/mol. The number of hydrogen-bond donors (Lipinski definition) is 2. The Kier molecular flexibility index (Phi) is 4.96. The maximum absolute atomic E-state index is 11.9. The molecule has 2 aromatic carbocycles. The molecule has 0 radical (unpaired) electrons. The smallest absolute Gasteiger partial charge is 0.356 e. The Morgan fingerprint density at radius 1 is 1.00 bits per heavy atom. The number of hydrogen-bond acceptors (Lipinski definition) is 4. The third-order valence-electron chi connectivity index (χ3n) is 3.84. The molecule has 136 valence electrons. The minimum absolute atomic E-state index is 0. The van der Waals surface area contributed by atoms with Crippen molar-refractivity contribution in [1.29, 1.82) is 0 Å². The molecule has 0 bridgehead atoms. The van der Waals surface area contributed by atoms with Gasteiger partial charge in [0.25, 0.3) is 0 Å². The van der Waals surface area contributed by atoms with Crippen molar-refractivity contribution in [3.63, 3.8) is 0 Å². The summed E-state index contributed by atoms with van der Waals surface area (Å²) in [7, 11) is 0. The summed E-state index contributed by atoms with van der Waals surface area (Å²) in [5, 5.41) is 13.7. The molecule has 0 aliphatic rings. The van der Waals surface area contributed by atoms with Crippen molar-refractivity contribution in [2.75, 3.05) is 0 Å². The highest BCUT2D eigenvalue weighted by atomic mass is 35.5. The van der Waals surface area contributed by atoms with Crippen molar-refractivity contribution in [2.45, 2.75) is 0 Å². The van der Waals surface area contributed by atoms with E-state index in [-0.39, 0.29) is 34.6 Å². The lowest BCUT2D eigenvalue weighted by Gasteiger charge is -2.08. The zero-order valence-corrected chi connectivity index (χ0v) is 14.6. The van der Waals surface area contributed by atoms with E-state index in [4.69, 9.17) is 4.74 Å². The van der Waals surface area contributed by atoms with Crippen LogP contribution in [0.1, 0.15) is 10.5 Å². The number of H-pyrrole nitrogens is 1. The van der Waals surface area contributed by atoms with Crippen LogP contribution in [0.15, 0.2) is 71.7 Å². The number of halogens is 1. The number of carboxylic acid groups (broad SMARTS) is 1. The molecule has 0 amide bonds. The maximum Gasteiger partial charge on any atom is 0.356 e. The Balaban J connectivity index is 0.00000210. The summed E-state index contributed by atoms with van der Waals surface area (Å²) in [4.78, 5) is 26.4. The van der Waals surface area contributed by atoms with E-state index in [1.165, 1.54) is 16.9 Å². The molecular weight excluding hydrogens is 370 g/mol. The number of benzene rings is 2. The van der Waals surface area contributed by atoms with Gasteiger partial charge in [-0.2, -0.15) is 5.10 Å². The fourth-order valence-electron chi connectivity index (χ4n) is 2.67. The second-order valence-electron chi connectivity index (χ2n) is 5.54. The predicted molar refractivity (Wildman–Crippen MR) is 102 cm³/mol. The van der Waals surface area contributed by atoms with Crippen molar-refractivity contribution in [1.82, 2.24) is 14.8 Å². The second kappa shape index (κ2) is 7.35. The quantitative estimate of drug-likeness (QED) is 0.561. The first-order valence-electron chi connectivity index (χ1n) is 7.80. The normalized spacial score (nSPS) is 10.4. The number of aromatic amines is 1. The minimum atomic E-state index is -1.18. The van der Waals surface area contributed by atoms with Crippen molar-refractivity contribution in [3.8, 4) is 17.2 Å². The number of pyridine rings is 1. The molecule has 2 N–H and O–H groups in total. The van der Waals surface area contributed by atoms with Gasteiger partial charge in [-0.1, -0.05) is 18.2 Å². The monoisotopic (exact) mass is 383 g/mol. The first-order chi connectivity index (χ1) is 12.6. The highest BCUT2D eigenvalue weighted by molar-refractivity contribution is 5.99. The van der Waals surface area contributed by atoms with Gasteiger partial charge < -0.3 is 14.8 Å². The Morgan fingerprint density at radius 2 is 1.67 bits per heavy atom. The van der Waals surface area contributed by atoms with E-state index in [0.29, 0.717) is 17.2 Å². The van der Waals surface area contributed by atoms with Gasteiger partial charge in [0.2, 0.25) is 5.43 Å². The molecule has 0 atom stereocenters. The molecule has 0 unspecified atom stereocenters. The summed E-state index contributed by atoms with van der Waals surface area (Å²) >= 11 is 0. The SMILES string of the molecule is Cl.O=C(O)c1c2[nH]ccc(=O)c2nn1-c1ccc(Oc2ccccc2)cc1. The number of nitrogens with zero attached hydrogens (tertiary/aromatic N) is 2. The van der Waals surface area contributed by atoms with Gasteiger partial charge in [0, 0.05) is 12.3 Å². The van der Waals surface area contributed by atoms with Crippen LogP contribution >= 0.6 is 12.4 Å². The van der Waals surface area contributed by atoms with Crippen LogP contribution in [-0.4, -0.2) is 25.8 Å². The second-order valence-corrected chi connectivity index (χ2v) is 5.54. The molecule has 8 heteroatoms. The van der Waals surface area contributed by atoms with Crippen LogP contribution in [0.2, 0.25) is 0 Å². The Labute approximate surface area is 159 Å². The third kappa shape index (κ3) is 3.40. The number of para-hydroxylation sites is 1. The minimum Gasteiger partial charge on any atom is -0.476 e. The number of aromatic nitrogens is 3. The zero-order chi connectivity index (χ0) is 18.1. The molecule has 0 saturated carbocycles. The lowest BCUT2D eigenvalue weighted by atomic mass is 10.2. The van der Waals surface area contributed by atoms with Gasteiger partial charge in [-0.15, -0.1) is 12.4 Å². The molecule has 0 spiro atoms. The van der Waals surface area contributed by atoms with E-state index in [1.807, 2.05) is 30.3 Å². The van der Waals surface area contributed by atoms with Gasteiger partial charge in [0.05, 0.1) is 5.69 Å². The Hall–Kier alpha value is -3.58. The number of carboxylic acids is 1. The first-order valence-corrected chi connectivity index (χ1v) is 7.80. The van der Waals surface area contributed by atoms with Gasteiger partial charge in [0.15, 0.2) is 11.2 Å². The number of carbonyl (C=O) groups is 1. The number of ether oxygens (including phenoxy) is 1. The molecule has 0 saturated heterocycles. The topological polar surface area (TPSA) is 97.2 Å². The number of fused-ring (bicyclic) bond motifs is 1. The van der Waals surface area contributed by atoms with Crippen molar-refractivity contribution < 1.29 is 14.6 Å². The molecule has 2 heterocycles. The van der Waals surface area contributed by atoms with E-state index in [9.17, 15) is 14.7 Å². The van der Waals surface area contributed by atoms with E-state index in [2.05, 4.69) is 10.1 Å². The van der Waals surface area contributed by atoms with Gasteiger partial charge in [-0.05, 0) is 36.4 Å². The van der Waals surface area contributed by atoms with Gasteiger partial charge >= 0.3 is 5.97 Å². The van der Waals surface area contributed by atoms with Gasteiger partial charge in [-0.25, -0.2) is 9.48 Å². The Morgan fingerprint density at radius 3 is 2.33 bits per heavy atom. The molecule has 7 nitrogen and oxygen atoms in total. The Bertz CT molecular complexity index is 1150. The summed E-state index contributed by atoms with van der Waals surface area (Å²) < 4.78 is 6.96. The van der Waals surface area contributed by atoms with Gasteiger partial charge in [0.1, 0.15) is 17.0 Å². The van der Waals surface area contributed by atoms with Crippen LogP contribution in [0.5, 0.6) is 11.5 Å². The molecule has 0 fully saturated rings.